The standard InChI is InChI=1S/C23H22N6O2/c24-22(30)19-15-29(20-4-2-1-3-18(19)20)21-9-10-25-23(27-21)26-16-5-7-17(8-6-16)28-11-13-31-14-12-28/h1-10,15H,11-14H2,(H2,24,30)(H,25,26,27). The van der Waals surface area contributed by atoms with Gasteiger partial charge in [0.25, 0.3) is 5.91 Å². The van der Waals surface area contributed by atoms with Crippen LogP contribution in [0.1, 0.15) is 10.4 Å². The third kappa shape index (κ3) is 3.80. The lowest BCUT2D eigenvalue weighted by Gasteiger charge is -2.28. The number of carbonyl (C=O) groups excluding carboxylic acids is 1. The number of aromatic nitrogens is 3. The first-order chi connectivity index (χ1) is 15.2. The minimum Gasteiger partial charge on any atom is -0.378 e. The van der Waals surface area contributed by atoms with Crippen molar-refractivity contribution in [3.8, 4) is 5.82 Å². The van der Waals surface area contributed by atoms with Crippen LogP contribution in [0, 0.1) is 0 Å². The molecule has 0 bridgehead atoms. The van der Waals surface area contributed by atoms with E-state index in [2.05, 4.69) is 32.3 Å². The Balaban J connectivity index is 1.41. The minimum absolute atomic E-state index is 0.461. The van der Waals surface area contributed by atoms with Gasteiger partial charge in [-0.3, -0.25) is 4.79 Å². The van der Waals surface area contributed by atoms with Crippen LogP contribution in [0.4, 0.5) is 17.3 Å². The summed E-state index contributed by atoms with van der Waals surface area (Å²) in [5.41, 5.74) is 8.94. The van der Waals surface area contributed by atoms with Crippen molar-refractivity contribution in [2.45, 2.75) is 0 Å². The Kier molecular flexibility index (Phi) is 4.97. The first-order valence-electron chi connectivity index (χ1n) is 10.1. The Morgan fingerprint density at radius 2 is 1.81 bits per heavy atom. The van der Waals surface area contributed by atoms with Crippen LogP contribution in [0.3, 0.4) is 0 Å². The maximum absolute atomic E-state index is 11.9. The molecule has 1 saturated heterocycles. The van der Waals surface area contributed by atoms with Crippen LogP contribution in [0.25, 0.3) is 16.7 Å². The number of para-hydroxylation sites is 1. The molecule has 4 aromatic rings. The third-order valence-corrected chi connectivity index (χ3v) is 5.36. The molecule has 0 aliphatic carbocycles. The van der Waals surface area contributed by atoms with Gasteiger partial charge in [-0.25, -0.2) is 4.98 Å². The molecule has 0 saturated carbocycles. The summed E-state index contributed by atoms with van der Waals surface area (Å²) in [6.07, 6.45) is 3.40. The van der Waals surface area contributed by atoms with Gasteiger partial charge in [-0.05, 0) is 36.4 Å². The fourth-order valence-electron chi connectivity index (χ4n) is 3.82. The number of fused-ring (bicyclic) bond motifs is 1. The number of rotatable bonds is 5. The van der Waals surface area contributed by atoms with Crippen molar-refractivity contribution < 1.29 is 9.53 Å². The van der Waals surface area contributed by atoms with E-state index in [4.69, 9.17) is 10.5 Å². The number of amides is 1. The Morgan fingerprint density at radius 1 is 1.03 bits per heavy atom. The smallest absolute Gasteiger partial charge is 0.250 e. The fourth-order valence-corrected chi connectivity index (χ4v) is 3.82. The number of anilines is 3. The number of hydrogen-bond donors (Lipinski definition) is 2. The van der Waals surface area contributed by atoms with E-state index in [-0.39, 0.29) is 0 Å². The van der Waals surface area contributed by atoms with Crippen LogP contribution in [-0.4, -0.2) is 46.7 Å². The molecule has 31 heavy (non-hydrogen) atoms. The van der Waals surface area contributed by atoms with Gasteiger partial charge in [-0.15, -0.1) is 0 Å². The van der Waals surface area contributed by atoms with Gasteiger partial charge in [0.05, 0.1) is 24.3 Å². The van der Waals surface area contributed by atoms with Crippen LogP contribution in [-0.2, 0) is 4.74 Å². The Labute approximate surface area is 179 Å². The molecule has 0 unspecified atom stereocenters. The number of nitrogens with one attached hydrogen (secondary N) is 1. The van der Waals surface area contributed by atoms with Crippen molar-refractivity contribution in [2.24, 2.45) is 5.73 Å². The molecule has 1 aliphatic rings. The van der Waals surface area contributed by atoms with Crippen LogP contribution < -0.4 is 16.0 Å². The van der Waals surface area contributed by atoms with Crippen LogP contribution in [0.5, 0.6) is 0 Å². The molecule has 8 heteroatoms. The summed E-state index contributed by atoms with van der Waals surface area (Å²) in [6.45, 7) is 3.31. The van der Waals surface area contributed by atoms with Crippen molar-refractivity contribution in [3.05, 3.63) is 72.6 Å². The molecule has 2 aromatic heterocycles. The van der Waals surface area contributed by atoms with E-state index in [0.717, 1.165) is 42.9 Å². The number of morpholine rings is 1. The van der Waals surface area contributed by atoms with Crippen molar-refractivity contribution in [3.63, 3.8) is 0 Å². The van der Waals surface area contributed by atoms with Gasteiger partial charge in [0, 0.05) is 42.2 Å². The number of carbonyl (C=O) groups is 1. The van der Waals surface area contributed by atoms with Crippen LogP contribution >= 0.6 is 0 Å². The molecular formula is C23H22N6O2. The predicted molar refractivity (Wildman–Crippen MR) is 120 cm³/mol. The molecule has 156 valence electrons. The molecule has 3 N–H and O–H groups in total. The van der Waals surface area contributed by atoms with E-state index in [0.29, 0.717) is 17.3 Å². The van der Waals surface area contributed by atoms with Crippen molar-refractivity contribution in [1.82, 2.24) is 14.5 Å². The first-order valence-corrected chi connectivity index (χ1v) is 10.1. The predicted octanol–water partition coefficient (Wildman–Crippen LogP) is 3.10. The second kappa shape index (κ2) is 8.08. The highest BCUT2D eigenvalue weighted by molar-refractivity contribution is 6.06. The number of nitrogens with zero attached hydrogens (tertiary/aromatic N) is 4. The number of ether oxygens (including phenoxy) is 1. The quantitative estimate of drug-likeness (QED) is 0.521. The van der Waals surface area contributed by atoms with Gasteiger partial charge >= 0.3 is 0 Å². The van der Waals surface area contributed by atoms with Gasteiger partial charge in [0.2, 0.25) is 5.95 Å². The molecule has 8 nitrogen and oxygen atoms in total. The lowest BCUT2D eigenvalue weighted by atomic mass is 10.2. The Morgan fingerprint density at radius 3 is 2.58 bits per heavy atom. The van der Waals surface area contributed by atoms with Gasteiger partial charge in [0.1, 0.15) is 5.82 Å². The van der Waals surface area contributed by atoms with Crippen molar-refractivity contribution in [1.29, 1.82) is 0 Å². The summed E-state index contributed by atoms with van der Waals surface area (Å²) in [5.74, 6) is 0.642. The Hall–Kier alpha value is -3.91. The average Bonchev–Trinajstić information content (AvgIpc) is 3.21. The zero-order valence-electron chi connectivity index (χ0n) is 16.9. The highest BCUT2D eigenvalue weighted by atomic mass is 16.5. The second-order valence-electron chi connectivity index (χ2n) is 7.30. The largest absolute Gasteiger partial charge is 0.378 e. The molecule has 1 aliphatic heterocycles. The molecule has 3 heterocycles. The lowest BCUT2D eigenvalue weighted by molar-refractivity contribution is 0.100. The summed E-state index contributed by atoms with van der Waals surface area (Å²) < 4.78 is 7.27. The molecular weight excluding hydrogens is 392 g/mol. The summed E-state index contributed by atoms with van der Waals surface area (Å²) in [7, 11) is 0. The van der Waals surface area contributed by atoms with E-state index < -0.39 is 5.91 Å². The maximum atomic E-state index is 11.9. The van der Waals surface area contributed by atoms with Gasteiger partial charge in [0.15, 0.2) is 0 Å². The normalized spacial score (nSPS) is 14.0. The van der Waals surface area contributed by atoms with E-state index in [1.807, 2.05) is 41.0 Å². The van der Waals surface area contributed by atoms with Crippen molar-refractivity contribution in [2.75, 3.05) is 36.5 Å². The Bertz CT molecular complexity index is 1230. The highest BCUT2D eigenvalue weighted by Crippen LogP contribution is 2.25. The lowest BCUT2D eigenvalue weighted by Crippen LogP contribution is -2.36. The maximum Gasteiger partial charge on any atom is 0.250 e. The summed E-state index contributed by atoms with van der Waals surface area (Å²) in [5, 5.41) is 4.04. The number of nitrogens with two attached hydrogens (primary N) is 1. The zero-order valence-corrected chi connectivity index (χ0v) is 16.9. The van der Waals surface area contributed by atoms with Crippen LogP contribution in [0.15, 0.2) is 67.0 Å². The molecule has 1 fully saturated rings. The van der Waals surface area contributed by atoms with Crippen LogP contribution in [0.2, 0.25) is 0 Å². The monoisotopic (exact) mass is 414 g/mol. The molecule has 2 aromatic carbocycles. The molecule has 5 rings (SSSR count). The number of hydrogen-bond acceptors (Lipinski definition) is 6. The molecule has 1 amide bonds. The third-order valence-electron chi connectivity index (χ3n) is 5.36. The average molecular weight is 414 g/mol. The van der Waals surface area contributed by atoms with E-state index in [1.165, 1.54) is 5.69 Å². The fraction of sp³-hybridized carbons (Fsp3) is 0.174. The summed E-state index contributed by atoms with van der Waals surface area (Å²) >= 11 is 0. The highest BCUT2D eigenvalue weighted by Gasteiger charge is 2.15. The van der Waals surface area contributed by atoms with E-state index in [1.54, 1.807) is 18.5 Å². The molecule has 0 radical (unpaired) electrons. The molecule has 0 spiro atoms. The van der Waals surface area contributed by atoms with Gasteiger partial charge in [-0.1, -0.05) is 18.2 Å². The minimum atomic E-state index is -0.470. The topological polar surface area (TPSA) is 98.3 Å². The number of primary amides is 1. The number of benzene rings is 2. The SMILES string of the molecule is NC(=O)c1cn(-c2ccnc(Nc3ccc(N4CCOCC4)cc3)n2)c2ccccc12. The first kappa shape index (κ1) is 19.1. The van der Waals surface area contributed by atoms with Gasteiger partial charge < -0.3 is 25.3 Å². The van der Waals surface area contributed by atoms with Gasteiger partial charge in [-0.2, -0.15) is 4.98 Å². The van der Waals surface area contributed by atoms with E-state index in [9.17, 15) is 4.79 Å². The van der Waals surface area contributed by atoms with E-state index >= 15 is 0 Å². The van der Waals surface area contributed by atoms with Crippen molar-refractivity contribution >= 4 is 34.1 Å². The summed E-state index contributed by atoms with van der Waals surface area (Å²) in [4.78, 5) is 23.1. The second-order valence-corrected chi connectivity index (χ2v) is 7.30. The summed E-state index contributed by atoms with van der Waals surface area (Å²) in [6, 6.07) is 17.6. The molecule has 0 atom stereocenters. The zero-order chi connectivity index (χ0) is 21.2.